The van der Waals surface area contributed by atoms with E-state index in [0.717, 1.165) is 6.04 Å². The fourth-order valence-electron chi connectivity index (χ4n) is 0.753. The summed E-state index contributed by atoms with van der Waals surface area (Å²) in [5.41, 5.74) is 0. The smallest absolute Gasteiger partial charge is 1.00 e. The van der Waals surface area contributed by atoms with Gasteiger partial charge < -0.3 is 35.3 Å². The summed E-state index contributed by atoms with van der Waals surface area (Å²) >= 11 is 0. The van der Waals surface area contributed by atoms with Gasteiger partial charge in [0.05, 0.1) is 0 Å². The maximum atomic E-state index is 5.62. The molecule has 0 heterocycles. The molecule has 1 nitrogen and oxygen atoms in total. The molecule has 4 heteroatoms. The Morgan fingerprint density at radius 1 is 1.45 bits per heavy atom. The Morgan fingerprint density at radius 2 is 1.91 bits per heavy atom. The molecule has 0 aliphatic carbocycles. The van der Waals surface area contributed by atoms with Crippen LogP contribution in [0.25, 0.3) is 0 Å². The maximum absolute atomic E-state index is 5.62. The molecule has 0 bridgehead atoms. The summed E-state index contributed by atoms with van der Waals surface area (Å²) in [6, 6.07) is 2.23. The summed E-state index contributed by atoms with van der Waals surface area (Å²) < 4.78 is 5.62. The summed E-state index contributed by atoms with van der Waals surface area (Å²) in [6.45, 7) is 10.2. The van der Waals surface area contributed by atoms with E-state index in [-0.39, 0.29) is 47.0 Å². The molecule has 1 atom stereocenters. The molecule has 0 rings (SSSR count). The van der Waals surface area contributed by atoms with Crippen LogP contribution < -0.4 is 24.0 Å². The van der Waals surface area contributed by atoms with E-state index in [0.29, 0.717) is 6.10 Å². The van der Waals surface area contributed by atoms with Gasteiger partial charge in [-0.3, -0.25) is 0 Å². The second-order valence-corrected chi connectivity index (χ2v) is 5.41. The van der Waals surface area contributed by atoms with Gasteiger partial charge in [-0.1, -0.05) is 6.92 Å². The van der Waals surface area contributed by atoms with Crippen molar-refractivity contribution < 1.29 is 28.4 Å². The second-order valence-electron chi connectivity index (χ2n) is 2.50. The number of hydrogen-bond donors (Lipinski definition) is 0. The van der Waals surface area contributed by atoms with E-state index < -0.39 is 9.04 Å². The zero-order valence-corrected chi connectivity index (χ0v) is 12.5. The Bertz CT molecular complexity index is 69.5. The van der Waals surface area contributed by atoms with Gasteiger partial charge in [0.25, 0.3) is 0 Å². The molecule has 0 N–H and O–H groups in total. The van der Waals surface area contributed by atoms with Crippen LogP contribution in [0.5, 0.6) is 0 Å². The Kier molecular flexibility index (Phi) is 19.6. The average molecular weight is 297 g/mol. The van der Waals surface area contributed by atoms with Crippen LogP contribution in [-0.4, -0.2) is 38.2 Å². The predicted molar refractivity (Wildman–Crippen MR) is 49.8 cm³/mol. The van der Waals surface area contributed by atoms with Crippen LogP contribution in [0.3, 0.4) is 0 Å². The van der Waals surface area contributed by atoms with Crippen molar-refractivity contribution in [3.63, 3.8) is 0 Å². The fourth-order valence-corrected chi connectivity index (χ4v) is 2.26. The van der Waals surface area contributed by atoms with Crippen molar-refractivity contribution in [2.45, 2.75) is 39.0 Å². The van der Waals surface area contributed by atoms with Crippen molar-refractivity contribution >= 4 is 32.1 Å². The molecule has 0 aliphatic heterocycles. The second kappa shape index (κ2) is 11.7. The topological polar surface area (TPSA) is 9.23 Å². The fraction of sp³-hybridized carbons (Fsp3) is 0.857. The number of halogens is 1. The molecule has 0 saturated carbocycles. The quantitative estimate of drug-likeness (QED) is 0.353. The molecule has 0 fully saturated rings. The molecule has 0 aromatic rings. The molecular formula is C7H17IMgOSi. The molecule has 0 spiro atoms. The van der Waals surface area contributed by atoms with Gasteiger partial charge in [-0.25, -0.2) is 0 Å². The summed E-state index contributed by atoms with van der Waals surface area (Å²) in [5.74, 6) is 0. The molecule has 0 radical (unpaired) electrons. The zero-order valence-electron chi connectivity index (χ0n) is 7.77. The van der Waals surface area contributed by atoms with Crippen molar-refractivity contribution in [3.05, 3.63) is 6.92 Å². The monoisotopic (exact) mass is 296 g/mol. The molecule has 0 saturated heterocycles. The minimum Gasteiger partial charge on any atom is -1.00 e. The molecule has 0 aliphatic rings. The van der Waals surface area contributed by atoms with E-state index in [2.05, 4.69) is 27.7 Å². The molecule has 1 unspecified atom stereocenters. The molecule has 11 heavy (non-hydrogen) atoms. The van der Waals surface area contributed by atoms with Crippen molar-refractivity contribution in [3.8, 4) is 0 Å². The third-order valence-corrected chi connectivity index (χ3v) is 3.73. The van der Waals surface area contributed by atoms with Gasteiger partial charge in [0.1, 0.15) is 9.04 Å². The normalized spacial score (nSPS) is 11.7. The molecule has 64 valence electrons. The Balaban J connectivity index is -0.000000320. The van der Waals surface area contributed by atoms with Gasteiger partial charge in [0.15, 0.2) is 0 Å². The SMILES string of the molecule is [CH2-]C[SiH](CC)OC(C)C.[I-].[Mg+2]. The van der Waals surface area contributed by atoms with Gasteiger partial charge >= 0.3 is 23.1 Å². The number of rotatable bonds is 4. The van der Waals surface area contributed by atoms with Crippen molar-refractivity contribution in [1.82, 2.24) is 0 Å². The van der Waals surface area contributed by atoms with Crippen LogP contribution >= 0.6 is 0 Å². The molecule has 0 aromatic heterocycles. The standard InChI is InChI=1S/C7H17OSi.HI.Mg/c1-5-9(6-2)8-7(3)4;;/h7,9H,1,5-6H2,2-4H3;1H;/q-1;;+2/p-1. The third-order valence-electron chi connectivity index (χ3n) is 1.24. The van der Waals surface area contributed by atoms with Crippen molar-refractivity contribution in [1.29, 1.82) is 0 Å². The van der Waals surface area contributed by atoms with E-state index in [9.17, 15) is 0 Å². The molecule has 0 aromatic carbocycles. The molecule has 0 amide bonds. The minimum absolute atomic E-state index is 0. The van der Waals surface area contributed by atoms with Crippen LogP contribution in [0.2, 0.25) is 12.1 Å². The van der Waals surface area contributed by atoms with Gasteiger partial charge in [-0.05, 0) is 19.9 Å². The van der Waals surface area contributed by atoms with Crippen molar-refractivity contribution in [2.75, 3.05) is 0 Å². The Labute approximate surface area is 106 Å². The van der Waals surface area contributed by atoms with Crippen LogP contribution in [-0.2, 0) is 4.43 Å². The predicted octanol–water partition coefficient (Wildman–Crippen LogP) is -1.39. The summed E-state index contributed by atoms with van der Waals surface area (Å²) in [5, 5.41) is 0. The summed E-state index contributed by atoms with van der Waals surface area (Å²) in [7, 11) is -0.861. The molecular weight excluding hydrogens is 279 g/mol. The minimum atomic E-state index is -0.861. The maximum Gasteiger partial charge on any atom is 2.00 e. The third kappa shape index (κ3) is 11.7. The van der Waals surface area contributed by atoms with Crippen LogP contribution in [0, 0.1) is 6.92 Å². The van der Waals surface area contributed by atoms with E-state index >= 15 is 0 Å². The van der Waals surface area contributed by atoms with Gasteiger partial charge in [-0.2, -0.15) is 6.04 Å². The van der Waals surface area contributed by atoms with Gasteiger partial charge in [0, 0.05) is 6.10 Å². The van der Waals surface area contributed by atoms with E-state index in [1.54, 1.807) is 0 Å². The number of hydrogen-bond acceptors (Lipinski definition) is 1. The summed E-state index contributed by atoms with van der Waals surface area (Å²) in [4.78, 5) is 0. The van der Waals surface area contributed by atoms with Crippen LogP contribution in [0.4, 0.5) is 0 Å². The van der Waals surface area contributed by atoms with Crippen molar-refractivity contribution in [2.24, 2.45) is 0 Å². The van der Waals surface area contributed by atoms with Crippen LogP contribution in [0.1, 0.15) is 20.8 Å². The first-order valence-corrected chi connectivity index (χ1v) is 5.75. The summed E-state index contributed by atoms with van der Waals surface area (Å²) in [6.07, 6.45) is 0.406. The van der Waals surface area contributed by atoms with E-state index in [1.807, 2.05) is 0 Å². The Morgan fingerprint density at radius 3 is 2.00 bits per heavy atom. The van der Waals surface area contributed by atoms with Crippen LogP contribution in [0.15, 0.2) is 0 Å². The van der Waals surface area contributed by atoms with Gasteiger partial charge in [-0.15, -0.1) is 0 Å². The van der Waals surface area contributed by atoms with E-state index in [1.165, 1.54) is 6.04 Å². The first-order valence-electron chi connectivity index (χ1n) is 3.65. The zero-order chi connectivity index (χ0) is 7.28. The first kappa shape index (κ1) is 18.5. The Hall–Kier alpha value is 1.67. The van der Waals surface area contributed by atoms with E-state index in [4.69, 9.17) is 4.43 Å². The largest absolute Gasteiger partial charge is 2.00 e. The first-order chi connectivity index (χ1) is 4.20. The average Bonchev–Trinajstić information content (AvgIpc) is 1.82. The van der Waals surface area contributed by atoms with Gasteiger partial charge in [0.2, 0.25) is 0 Å².